The molecule has 0 heterocycles. The predicted octanol–water partition coefficient (Wildman–Crippen LogP) is 2.99. The smallest absolute Gasteiger partial charge is 0.00191 e. The fourth-order valence-corrected chi connectivity index (χ4v) is 2.50. The highest BCUT2D eigenvalue weighted by Gasteiger charge is 2.20. The summed E-state index contributed by atoms with van der Waals surface area (Å²) in [5, 5.41) is 3.57. The maximum atomic E-state index is 3.57. The second kappa shape index (κ2) is 8.10. The van der Waals surface area contributed by atoms with E-state index in [2.05, 4.69) is 37.9 Å². The lowest BCUT2D eigenvalue weighted by Gasteiger charge is -2.33. The molecule has 0 saturated heterocycles. The van der Waals surface area contributed by atoms with Crippen LogP contribution in [0.4, 0.5) is 0 Å². The molecule has 1 aliphatic rings. The standard InChI is InChI=1S/C15H32N2/c1-5-17(12-15-7-6-8-15)11-14(4)10-16-9-13(2)3/h13-16H,5-12H2,1-4H3. The van der Waals surface area contributed by atoms with Crippen molar-refractivity contribution in [2.75, 3.05) is 32.7 Å². The second-order valence-electron chi connectivity index (χ2n) is 6.31. The van der Waals surface area contributed by atoms with E-state index in [0.717, 1.165) is 24.3 Å². The summed E-state index contributed by atoms with van der Waals surface area (Å²) in [5.74, 6) is 2.54. The Morgan fingerprint density at radius 3 is 2.35 bits per heavy atom. The zero-order valence-electron chi connectivity index (χ0n) is 12.3. The topological polar surface area (TPSA) is 15.3 Å². The van der Waals surface area contributed by atoms with E-state index in [9.17, 15) is 0 Å². The van der Waals surface area contributed by atoms with Gasteiger partial charge in [0.1, 0.15) is 0 Å². The predicted molar refractivity (Wildman–Crippen MR) is 76.3 cm³/mol. The van der Waals surface area contributed by atoms with Gasteiger partial charge in [0.2, 0.25) is 0 Å². The minimum atomic E-state index is 0.763. The van der Waals surface area contributed by atoms with Crippen LogP contribution in [0.15, 0.2) is 0 Å². The number of nitrogens with zero attached hydrogens (tertiary/aromatic N) is 1. The Bertz CT molecular complexity index is 187. The number of rotatable bonds is 9. The molecule has 0 spiro atoms. The van der Waals surface area contributed by atoms with E-state index < -0.39 is 0 Å². The molecule has 0 aromatic carbocycles. The molecule has 1 rings (SSSR count). The van der Waals surface area contributed by atoms with Gasteiger partial charge >= 0.3 is 0 Å². The number of hydrogen-bond acceptors (Lipinski definition) is 2. The third-order valence-electron chi connectivity index (χ3n) is 3.80. The van der Waals surface area contributed by atoms with Crippen LogP contribution in [-0.4, -0.2) is 37.6 Å². The molecule has 0 aliphatic heterocycles. The molecule has 1 saturated carbocycles. The van der Waals surface area contributed by atoms with Crippen molar-refractivity contribution in [1.29, 1.82) is 0 Å². The summed E-state index contributed by atoms with van der Waals surface area (Å²) in [6.45, 7) is 15.3. The summed E-state index contributed by atoms with van der Waals surface area (Å²) >= 11 is 0. The average molecular weight is 240 g/mol. The third-order valence-corrected chi connectivity index (χ3v) is 3.80. The molecule has 17 heavy (non-hydrogen) atoms. The van der Waals surface area contributed by atoms with Crippen molar-refractivity contribution in [3.63, 3.8) is 0 Å². The Morgan fingerprint density at radius 1 is 1.18 bits per heavy atom. The van der Waals surface area contributed by atoms with Crippen molar-refractivity contribution < 1.29 is 0 Å². The maximum Gasteiger partial charge on any atom is 0.00191 e. The van der Waals surface area contributed by atoms with E-state index in [1.165, 1.54) is 45.4 Å². The van der Waals surface area contributed by atoms with Gasteiger partial charge in [0.25, 0.3) is 0 Å². The van der Waals surface area contributed by atoms with E-state index in [1.807, 2.05) is 0 Å². The first-order chi connectivity index (χ1) is 8.11. The molecule has 2 heteroatoms. The fraction of sp³-hybridized carbons (Fsp3) is 1.00. The Labute approximate surface area is 108 Å². The van der Waals surface area contributed by atoms with Crippen LogP contribution in [-0.2, 0) is 0 Å². The van der Waals surface area contributed by atoms with E-state index >= 15 is 0 Å². The van der Waals surface area contributed by atoms with Gasteiger partial charge in [-0.05, 0) is 50.2 Å². The molecule has 0 radical (unpaired) electrons. The maximum absolute atomic E-state index is 3.57. The van der Waals surface area contributed by atoms with Crippen molar-refractivity contribution in [3.8, 4) is 0 Å². The minimum Gasteiger partial charge on any atom is -0.316 e. The first-order valence-corrected chi connectivity index (χ1v) is 7.54. The van der Waals surface area contributed by atoms with E-state index in [0.29, 0.717) is 0 Å². The summed E-state index contributed by atoms with van der Waals surface area (Å²) in [6.07, 6.45) is 4.40. The zero-order chi connectivity index (χ0) is 12.7. The van der Waals surface area contributed by atoms with Crippen molar-refractivity contribution >= 4 is 0 Å². The van der Waals surface area contributed by atoms with Crippen molar-refractivity contribution in [3.05, 3.63) is 0 Å². The molecule has 1 atom stereocenters. The molecular formula is C15H32N2. The van der Waals surface area contributed by atoms with Crippen molar-refractivity contribution in [2.24, 2.45) is 17.8 Å². The molecule has 1 aliphatic carbocycles. The van der Waals surface area contributed by atoms with Crippen LogP contribution in [0, 0.1) is 17.8 Å². The molecule has 102 valence electrons. The van der Waals surface area contributed by atoms with Gasteiger partial charge in [0.05, 0.1) is 0 Å². The van der Waals surface area contributed by atoms with Gasteiger partial charge in [-0.2, -0.15) is 0 Å². The van der Waals surface area contributed by atoms with Gasteiger partial charge in [-0.3, -0.25) is 0 Å². The number of nitrogens with one attached hydrogen (secondary N) is 1. The fourth-order valence-electron chi connectivity index (χ4n) is 2.50. The van der Waals surface area contributed by atoms with E-state index in [4.69, 9.17) is 0 Å². The van der Waals surface area contributed by atoms with Gasteiger partial charge in [-0.1, -0.05) is 34.1 Å². The second-order valence-corrected chi connectivity index (χ2v) is 6.31. The third kappa shape index (κ3) is 6.42. The minimum absolute atomic E-state index is 0.763. The Hall–Kier alpha value is -0.0800. The van der Waals surface area contributed by atoms with Gasteiger partial charge in [0.15, 0.2) is 0 Å². The van der Waals surface area contributed by atoms with Crippen LogP contribution in [0.5, 0.6) is 0 Å². The first-order valence-electron chi connectivity index (χ1n) is 7.54. The van der Waals surface area contributed by atoms with Gasteiger partial charge < -0.3 is 10.2 Å². The molecule has 0 bridgehead atoms. The molecule has 0 amide bonds. The Kier molecular flexibility index (Phi) is 7.14. The summed E-state index contributed by atoms with van der Waals surface area (Å²) in [6, 6.07) is 0. The highest BCUT2D eigenvalue weighted by atomic mass is 15.1. The van der Waals surface area contributed by atoms with Crippen LogP contribution in [0.3, 0.4) is 0 Å². The number of hydrogen-bond donors (Lipinski definition) is 1. The lowest BCUT2D eigenvalue weighted by atomic mass is 9.85. The Balaban J connectivity index is 2.10. The SMILES string of the molecule is CCN(CC(C)CNCC(C)C)CC1CCC1. The zero-order valence-corrected chi connectivity index (χ0v) is 12.3. The first kappa shape index (κ1) is 15.0. The van der Waals surface area contributed by atoms with Crippen LogP contribution < -0.4 is 5.32 Å². The van der Waals surface area contributed by atoms with Crippen LogP contribution in [0.25, 0.3) is 0 Å². The molecular weight excluding hydrogens is 208 g/mol. The lowest BCUT2D eigenvalue weighted by molar-refractivity contribution is 0.165. The largest absolute Gasteiger partial charge is 0.316 e. The van der Waals surface area contributed by atoms with Crippen LogP contribution in [0.2, 0.25) is 0 Å². The monoisotopic (exact) mass is 240 g/mol. The van der Waals surface area contributed by atoms with Gasteiger partial charge in [0, 0.05) is 13.1 Å². The summed E-state index contributed by atoms with van der Waals surface area (Å²) in [5.41, 5.74) is 0. The van der Waals surface area contributed by atoms with E-state index in [1.54, 1.807) is 0 Å². The average Bonchev–Trinajstić information content (AvgIpc) is 2.20. The molecule has 0 aromatic heterocycles. The van der Waals surface area contributed by atoms with Crippen LogP contribution in [0.1, 0.15) is 47.0 Å². The summed E-state index contributed by atoms with van der Waals surface area (Å²) in [4.78, 5) is 2.64. The van der Waals surface area contributed by atoms with Gasteiger partial charge in [-0.25, -0.2) is 0 Å². The summed E-state index contributed by atoms with van der Waals surface area (Å²) < 4.78 is 0. The molecule has 2 nitrogen and oxygen atoms in total. The highest BCUT2D eigenvalue weighted by molar-refractivity contribution is 4.74. The molecule has 0 aromatic rings. The highest BCUT2D eigenvalue weighted by Crippen LogP contribution is 2.27. The molecule has 1 N–H and O–H groups in total. The molecule has 1 fully saturated rings. The molecule has 1 unspecified atom stereocenters. The van der Waals surface area contributed by atoms with Crippen molar-refractivity contribution in [2.45, 2.75) is 47.0 Å². The normalized spacial score (nSPS) is 18.7. The Morgan fingerprint density at radius 2 is 1.88 bits per heavy atom. The van der Waals surface area contributed by atoms with Gasteiger partial charge in [-0.15, -0.1) is 0 Å². The van der Waals surface area contributed by atoms with Crippen LogP contribution >= 0.6 is 0 Å². The summed E-state index contributed by atoms with van der Waals surface area (Å²) in [7, 11) is 0. The van der Waals surface area contributed by atoms with Crippen molar-refractivity contribution in [1.82, 2.24) is 10.2 Å². The lowest BCUT2D eigenvalue weighted by Crippen LogP contribution is -2.38. The van der Waals surface area contributed by atoms with E-state index in [-0.39, 0.29) is 0 Å². The quantitative estimate of drug-likeness (QED) is 0.666.